The molecule has 16 heavy (non-hydrogen) atoms. The Kier molecular flexibility index (Phi) is 3.05. The molecule has 1 aliphatic rings. The van der Waals surface area contributed by atoms with Crippen molar-refractivity contribution in [2.45, 2.75) is 18.9 Å². The van der Waals surface area contributed by atoms with Crippen LogP contribution in [-0.2, 0) is 4.79 Å². The van der Waals surface area contributed by atoms with Gasteiger partial charge < -0.3 is 5.73 Å². The van der Waals surface area contributed by atoms with E-state index in [9.17, 15) is 9.59 Å². The van der Waals surface area contributed by atoms with E-state index in [-0.39, 0.29) is 24.4 Å². The van der Waals surface area contributed by atoms with Gasteiger partial charge in [0.05, 0.1) is 12.6 Å². The largest absolute Gasteiger partial charge is 0.369 e. The maximum atomic E-state index is 12.1. The van der Waals surface area contributed by atoms with Gasteiger partial charge in [-0.2, -0.15) is 0 Å². The SMILES string of the molecule is NC(=O)CN1CCC[C@@H]1C(=O)n1cccc1. The standard InChI is InChI=1S/C11H15N3O2/c12-10(15)8-14-7-3-4-9(14)11(16)13-5-1-2-6-13/h1-2,5-6,9H,3-4,7-8H2,(H2,12,15)/t9-/m1/s1. The lowest BCUT2D eigenvalue weighted by molar-refractivity contribution is -0.119. The number of likely N-dealkylation sites (tertiary alicyclic amines) is 1. The minimum absolute atomic E-state index is 0.0174. The fourth-order valence-electron chi connectivity index (χ4n) is 2.15. The summed E-state index contributed by atoms with van der Waals surface area (Å²) in [5.41, 5.74) is 5.15. The number of primary amides is 1. The molecule has 1 fully saturated rings. The van der Waals surface area contributed by atoms with Gasteiger partial charge in [-0.15, -0.1) is 0 Å². The van der Waals surface area contributed by atoms with Gasteiger partial charge in [-0.1, -0.05) is 0 Å². The number of carbonyl (C=O) groups is 2. The zero-order chi connectivity index (χ0) is 11.5. The molecule has 1 aliphatic heterocycles. The number of nitrogens with zero attached hydrogens (tertiary/aromatic N) is 2. The van der Waals surface area contributed by atoms with Crippen LogP contribution in [0.3, 0.4) is 0 Å². The zero-order valence-corrected chi connectivity index (χ0v) is 9.00. The van der Waals surface area contributed by atoms with Crippen molar-refractivity contribution in [1.82, 2.24) is 9.47 Å². The van der Waals surface area contributed by atoms with Crippen molar-refractivity contribution in [2.75, 3.05) is 13.1 Å². The fourth-order valence-corrected chi connectivity index (χ4v) is 2.15. The van der Waals surface area contributed by atoms with E-state index in [2.05, 4.69) is 0 Å². The van der Waals surface area contributed by atoms with Crippen LogP contribution in [0.4, 0.5) is 0 Å². The summed E-state index contributed by atoms with van der Waals surface area (Å²) in [5, 5.41) is 0. The number of aromatic nitrogens is 1. The zero-order valence-electron chi connectivity index (χ0n) is 9.00. The highest BCUT2D eigenvalue weighted by molar-refractivity contribution is 5.85. The summed E-state index contributed by atoms with van der Waals surface area (Å²) < 4.78 is 1.56. The van der Waals surface area contributed by atoms with Gasteiger partial charge in [0.1, 0.15) is 0 Å². The normalized spacial score (nSPS) is 21.1. The second-order valence-electron chi connectivity index (χ2n) is 4.02. The van der Waals surface area contributed by atoms with Gasteiger partial charge in [-0.05, 0) is 31.5 Å². The highest BCUT2D eigenvalue weighted by Gasteiger charge is 2.31. The second-order valence-corrected chi connectivity index (χ2v) is 4.02. The van der Waals surface area contributed by atoms with E-state index in [0.717, 1.165) is 19.4 Å². The molecule has 5 heteroatoms. The van der Waals surface area contributed by atoms with E-state index < -0.39 is 0 Å². The van der Waals surface area contributed by atoms with Gasteiger partial charge in [0, 0.05) is 12.4 Å². The smallest absolute Gasteiger partial charge is 0.247 e. The van der Waals surface area contributed by atoms with Gasteiger partial charge in [0.25, 0.3) is 0 Å². The van der Waals surface area contributed by atoms with Crippen LogP contribution < -0.4 is 5.73 Å². The molecular weight excluding hydrogens is 206 g/mol. The molecule has 0 radical (unpaired) electrons. The van der Waals surface area contributed by atoms with Crippen LogP contribution in [-0.4, -0.2) is 40.4 Å². The molecule has 0 unspecified atom stereocenters. The molecule has 1 amide bonds. The predicted octanol–water partition coefficient (Wildman–Crippen LogP) is 0.0780. The van der Waals surface area contributed by atoms with Crippen LogP contribution in [0.15, 0.2) is 24.5 Å². The van der Waals surface area contributed by atoms with Crippen LogP contribution in [0.25, 0.3) is 0 Å². The monoisotopic (exact) mass is 221 g/mol. The average Bonchev–Trinajstić information content (AvgIpc) is 2.84. The third-order valence-electron chi connectivity index (χ3n) is 2.87. The molecule has 0 aliphatic carbocycles. The molecule has 0 bridgehead atoms. The Bertz CT molecular complexity index is 386. The van der Waals surface area contributed by atoms with Gasteiger partial charge in [-0.25, -0.2) is 0 Å². The summed E-state index contributed by atoms with van der Waals surface area (Å²) in [6.45, 7) is 0.929. The van der Waals surface area contributed by atoms with Crippen molar-refractivity contribution in [1.29, 1.82) is 0 Å². The van der Waals surface area contributed by atoms with Crippen LogP contribution in [0.1, 0.15) is 17.6 Å². The first-order chi connectivity index (χ1) is 7.68. The lowest BCUT2D eigenvalue weighted by Crippen LogP contribution is -2.42. The first kappa shape index (κ1) is 10.9. The molecule has 1 saturated heterocycles. The van der Waals surface area contributed by atoms with Crippen molar-refractivity contribution in [3.63, 3.8) is 0 Å². The fraction of sp³-hybridized carbons (Fsp3) is 0.455. The molecule has 2 heterocycles. The summed E-state index contributed by atoms with van der Waals surface area (Å²) in [5.74, 6) is -0.365. The Labute approximate surface area is 93.8 Å². The molecule has 0 spiro atoms. The van der Waals surface area contributed by atoms with Gasteiger partial charge in [0.15, 0.2) is 0 Å². The second kappa shape index (κ2) is 4.49. The lowest BCUT2D eigenvalue weighted by atomic mass is 10.2. The Morgan fingerprint density at radius 2 is 2.00 bits per heavy atom. The number of hydrogen-bond donors (Lipinski definition) is 1. The molecule has 0 aromatic carbocycles. The highest BCUT2D eigenvalue weighted by Crippen LogP contribution is 2.18. The van der Waals surface area contributed by atoms with Gasteiger partial charge >= 0.3 is 0 Å². The van der Waals surface area contributed by atoms with Crippen molar-refractivity contribution in [3.05, 3.63) is 24.5 Å². The Hall–Kier alpha value is -1.62. The van der Waals surface area contributed by atoms with Crippen molar-refractivity contribution >= 4 is 11.8 Å². The number of amides is 1. The minimum atomic E-state index is -0.382. The van der Waals surface area contributed by atoms with Crippen molar-refractivity contribution in [2.24, 2.45) is 5.73 Å². The predicted molar refractivity (Wildman–Crippen MR) is 58.8 cm³/mol. The first-order valence-electron chi connectivity index (χ1n) is 5.38. The number of rotatable bonds is 3. The summed E-state index contributed by atoms with van der Waals surface area (Å²) >= 11 is 0. The number of carbonyl (C=O) groups excluding carboxylic acids is 2. The number of nitrogens with two attached hydrogens (primary N) is 1. The average molecular weight is 221 g/mol. The summed E-state index contributed by atoms with van der Waals surface area (Å²) in [6, 6.07) is 3.41. The molecular formula is C11H15N3O2. The summed E-state index contributed by atoms with van der Waals surface area (Å²) in [4.78, 5) is 24.8. The van der Waals surface area contributed by atoms with E-state index in [1.54, 1.807) is 17.0 Å². The molecule has 0 saturated carbocycles. The summed E-state index contributed by atoms with van der Waals surface area (Å²) in [7, 11) is 0. The van der Waals surface area contributed by atoms with Crippen LogP contribution in [0.5, 0.6) is 0 Å². The minimum Gasteiger partial charge on any atom is -0.369 e. The topological polar surface area (TPSA) is 68.3 Å². The van der Waals surface area contributed by atoms with E-state index in [0.29, 0.717) is 0 Å². The number of hydrogen-bond acceptors (Lipinski definition) is 3. The third-order valence-corrected chi connectivity index (χ3v) is 2.87. The van der Waals surface area contributed by atoms with E-state index in [4.69, 9.17) is 5.73 Å². The molecule has 1 aromatic heterocycles. The van der Waals surface area contributed by atoms with Crippen molar-refractivity contribution < 1.29 is 9.59 Å². The molecule has 1 atom stereocenters. The first-order valence-corrected chi connectivity index (χ1v) is 5.38. The lowest BCUT2D eigenvalue weighted by Gasteiger charge is -2.21. The molecule has 5 nitrogen and oxygen atoms in total. The maximum Gasteiger partial charge on any atom is 0.247 e. The Morgan fingerprint density at radius 3 is 2.62 bits per heavy atom. The van der Waals surface area contributed by atoms with Crippen molar-refractivity contribution in [3.8, 4) is 0 Å². The van der Waals surface area contributed by atoms with Crippen LogP contribution in [0.2, 0.25) is 0 Å². The maximum absolute atomic E-state index is 12.1. The molecule has 2 rings (SSSR count). The van der Waals surface area contributed by atoms with Gasteiger partial charge in [0.2, 0.25) is 11.8 Å². The Morgan fingerprint density at radius 1 is 1.31 bits per heavy atom. The highest BCUT2D eigenvalue weighted by atomic mass is 16.2. The third kappa shape index (κ3) is 2.14. The van der Waals surface area contributed by atoms with Gasteiger partial charge in [-0.3, -0.25) is 19.1 Å². The van der Waals surface area contributed by atoms with E-state index in [1.165, 1.54) is 0 Å². The van der Waals surface area contributed by atoms with E-state index >= 15 is 0 Å². The van der Waals surface area contributed by atoms with Crippen LogP contribution in [0, 0.1) is 0 Å². The summed E-state index contributed by atoms with van der Waals surface area (Å²) in [6.07, 6.45) is 5.18. The quantitative estimate of drug-likeness (QED) is 0.785. The Balaban J connectivity index is 2.08. The van der Waals surface area contributed by atoms with Crippen LogP contribution >= 0.6 is 0 Å². The molecule has 1 aromatic rings. The molecule has 2 N–H and O–H groups in total. The van der Waals surface area contributed by atoms with E-state index in [1.807, 2.05) is 17.0 Å². The molecule has 86 valence electrons.